The van der Waals surface area contributed by atoms with Crippen LogP contribution in [-0.4, -0.2) is 0 Å². The first-order valence-corrected chi connectivity index (χ1v) is 11.4. The van der Waals surface area contributed by atoms with E-state index in [2.05, 4.69) is 134 Å². The highest BCUT2D eigenvalue weighted by molar-refractivity contribution is 6.14. The molecule has 6 aromatic rings. The Morgan fingerprint density at radius 1 is 0.364 bits per heavy atom. The van der Waals surface area contributed by atoms with Gasteiger partial charge in [-0.1, -0.05) is 115 Å². The van der Waals surface area contributed by atoms with E-state index in [9.17, 15) is 0 Å². The van der Waals surface area contributed by atoms with E-state index in [1.165, 1.54) is 60.5 Å². The van der Waals surface area contributed by atoms with Crippen molar-refractivity contribution in [2.75, 3.05) is 0 Å². The first-order valence-electron chi connectivity index (χ1n) is 11.4. The van der Waals surface area contributed by atoms with E-state index in [1.54, 1.807) is 0 Å². The number of hydrogen-bond donors (Lipinski definition) is 0. The highest BCUT2D eigenvalue weighted by Gasteiger charge is 2.13. The fraction of sp³-hybridized carbons (Fsp3) is 0.0303. The average molecular weight is 421 g/mol. The summed E-state index contributed by atoms with van der Waals surface area (Å²) in [5.41, 5.74) is 8.82. The van der Waals surface area contributed by atoms with Crippen molar-refractivity contribution in [2.24, 2.45) is 0 Å². The van der Waals surface area contributed by atoms with Crippen LogP contribution in [-0.2, 0) is 0 Å². The minimum atomic E-state index is 1.24. The largest absolute Gasteiger partial charge is 0.0622 e. The number of rotatable bonds is 3. The van der Waals surface area contributed by atoms with Gasteiger partial charge in [0.2, 0.25) is 0 Å². The maximum Gasteiger partial charge on any atom is -0.00263 e. The minimum Gasteiger partial charge on any atom is -0.0622 e. The molecule has 0 heteroatoms. The lowest BCUT2D eigenvalue weighted by molar-refractivity contribution is 1.47. The molecule has 0 amide bonds. The summed E-state index contributed by atoms with van der Waals surface area (Å²) in [7, 11) is 0. The highest BCUT2D eigenvalue weighted by atomic mass is 14.2. The van der Waals surface area contributed by atoms with Gasteiger partial charge in [-0.05, 0) is 80.0 Å². The van der Waals surface area contributed by atoms with Gasteiger partial charge in [-0.2, -0.15) is 0 Å². The summed E-state index contributed by atoms with van der Waals surface area (Å²) in [5, 5.41) is 5.12. The molecule has 0 atom stereocenters. The highest BCUT2D eigenvalue weighted by Crippen LogP contribution is 2.40. The van der Waals surface area contributed by atoms with Gasteiger partial charge in [0, 0.05) is 0 Å². The predicted octanol–water partition coefficient (Wildman–Crippen LogP) is 9.30. The second-order valence-electron chi connectivity index (χ2n) is 8.72. The zero-order valence-corrected chi connectivity index (χ0v) is 18.6. The number of fused-ring (bicyclic) bond motifs is 2. The van der Waals surface area contributed by atoms with Crippen LogP contribution >= 0.6 is 0 Å². The molecule has 0 aliphatic carbocycles. The Kier molecular flexibility index (Phi) is 4.78. The Morgan fingerprint density at radius 3 is 1.39 bits per heavy atom. The third kappa shape index (κ3) is 3.60. The van der Waals surface area contributed by atoms with Crippen molar-refractivity contribution in [3.05, 3.63) is 133 Å². The molecule has 0 aromatic heterocycles. The molecule has 0 bridgehead atoms. The summed E-state index contributed by atoms with van der Waals surface area (Å²) >= 11 is 0. The van der Waals surface area contributed by atoms with E-state index in [1.807, 2.05) is 0 Å². The smallest absolute Gasteiger partial charge is 0.00263 e. The summed E-state index contributed by atoms with van der Waals surface area (Å²) in [5.74, 6) is 0. The monoisotopic (exact) mass is 420 g/mol. The molecule has 0 aliphatic rings. The van der Waals surface area contributed by atoms with Crippen molar-refractivity contribution < 1.29 is 0 Å². The molecule has 0 aliphatic heterocycles. The molecule has 0 fully saturated rings. The molecule has 0 N–H and O–H groups in total. The van der Waals surface area contributed by atoms with Crippen LogP contribution in [0.3, 0.4) is 0 Å². The molecule has 0 nitrogen and oxygen atoms in total. The molecule has 6 aromatic carbocycles. The topological polar surface area (TPSA) is 0 Å². The first kappa shape index (κ1) is 19.5. The van der Waals surface area contributed by atoms with E-state index in [4.69, 9.17) is 0 Å². The fourth-order valence-electron chi connectivity index (χ4n) is 4.84. The van der Waals surface area contributed by atoms with Crippen molar-refractivity contribution >= 4 is 21.5 Å². The van der Waals surface area contributed by atoms with Crippen LogP contribution in [0.1, 0.15) is 5.56 Å². The second kappa shape index (κ2) is 8.07. The van der Waals surface area contributed by atoms with Crippen molar-refractivity contribution in [2.45, 2.75) is 6.92 Å². The summed E-state index contributed by atoms with van der Waals surface area (Å²) in [6.07, 6.45) is 0. The van der Waals surface area contributed by atoms with Gasteiger partial charge in [-0.25, -0.2) is 0 Å². The fourth-order valence-corrected chi connectivity index (χ4v) is 4.84. The van der Waals surface area contributed by atoms with Crippen LogP contribution in [0.15, 0.2) is 127 Å². The average Bonchev–Trinajstić information content (AvgIpc) is 2.87. The van der Waals surface area contributed by atoms with E-state index < -0.39 is 0 Å². The maximum absolute atomic E-state index is 2.36. The van der Waals surface area contributed by atoms with Crippen LogP contribution in [0.5, 0.6) is 0 Å². The van der Waals surface area contributed by atoms with Gasteiger partial charge in [0.25, 0.3) is 0 Å². The van der Waals surface area contributed by atoms with Crippen molar-refractivity contribution in [3.8, 4) is 33.4 Å². The molecule has 156 valence electrons. The Bertz CT molecular complexity index is 1490. The molecule has 6 rings (SSSR count). The quantitative estimate of drug-likeness (QED) is 0.250. The molecule has 0 radical (unpaired) electrons. The van der Waals surface area contributed by atoms with E-state index in [-0.39, 0.29) is 0 Å². The Hall–Kier alpha value is -4.16. The van der Waals surface area contributed by atoms with E-state index >= 15 is 0 Å². The molecule has 0 unspecified atom stereocenters. The molecule has 33 heavy (non-hydrogen) atoms. The van der Waals surface area contributed by atoms with Crippen LogP contribution in [0, 0.1) is 6.92 Å². The van der Waals surface area contributed by atoms with Gasteiger partial charge in [0.15, 0.2) is 0 Å². The van der Waals surface area contributed by atoms with Gasteiger partial charge in [0.05, 0.1) is 0 Å². The summed E-state index contributed by atoms with van der Waals surface area (Å²) in [6, 6.07) is 46.2. The second-order valence-corrected chi connectivity index (χ2v) is 8.72. The lowest BCUT2D eigenvalue weighted by atomic mass is 9.88. The lowest BCUT2D eigenvalue weighted by Gasteiger charge is -2.15. The zero-order chi connectivity index (χ0) is 22.2. The lowest BCUT2D eigenvalue weighted by Crippen LogP contribution is -1.89. The van der Waals surface area contributed by atoms with Crippen LogP contribution < -0.4 is 0 Å². The van der Waals surface area contributed by atoms with Crippen LogP contribution in [0.4, 0.5) is 0 Å². The minimum absolute atomic E-state index is 1.24. The normalized spacial score (nSPS) is 11.2. The van der Waals surface area contributed by atoms with E-state index in [0.717, 1.165) is 0 Å². The Morgan fingerprint density at radius 2 is 0.879 bits per heavy atom. The number of aryl methyl sites for hydroxylation is 1. The van der Waals surface area contributed by atoms with Gasteiger partial charge in [0.1, 0.15) is 0 Å². The van der Waals surface area contributed by atoms with Gasteiger partial charge in [-0.15, -0.1) is 0 Å². The van der Waals surface area contributed by atoms with E-state index in [0.29, 0.717) is 0 Å². The number of hydrogen-bond acceptors (Lipinski definition) is 0. The van der Waals surface area contributed by atoms with Gasteiger partial charge >= 0.3 is 0 Å². The van der Waals surface area contributed by atoms with Gasteiger partial charge in [-0.3, -0.25) is 0 Å². The molecule has 0 saturated heterocycles. The Balaban J connectivity index is 1.70. The zero-order valence-electron chi connectivity index (χ0n) is 18.6. The van der Waals surface area contributed by atoms with Crippen LogP contribution in [0.2, 0.25) is 0 Å². The summed E-state index contributed by atoms with van der Waals surface area (Å²) in [6.45, 7) is 2.17. The maximum atomic E-state index is 2.36. The third-order valence-corrected chi connectivity index (χ3v) is 6.48. The van der Waals surface area contributed by atoms with Crippen molar-refractivity contribution in [3.63, 3.8) is 0 Å². The summed E-state index contributed by atoms with van der Waals surface area (Å²) < 4.78 is 0. The Labute approximate surface area is 194 Å². The van der Waals surface area contributed by atoms with Crippen molar-refractivity contribution in [1.29, 1.82) is 0 Å². The summed E-state index contributed by atoms with van der Waals surface area (Å²) in [4.78, 5) is 0. The molecular weight excluding hydrogens is 396 g/mol. The SMILES string of the molecule is Cc1cccc(-c2c3cc(-c4ccccc4)ccc3cc3ccc(-c4ccccc4)cc23)c1. The predicted molar refractivity (Wildman–Crippen MR) is 142 cm³/mol. The van der Waals surface area contributed by atoms with Crippen molar-refractivity contribution in [1.82, 2.24) is 0 Å². The molecule has 0 saturated carbocycles. The first-order chi connectivity index (χ1) is 16.3. The standard InChI is InChI=1S/C33H24/c1-23-9-8-14-30(19-23)33-31-21-26(24-10-4-2-5-11-24)15-17-28(31)20-29-18-16-27(22-32(29)33)25-12-6-3-7-13-25/h2-22H,1H3. The molecule has 0 spiro atoms. The third-order valence-electron chi connectivity index (χ3n) is 6.48. The molecule has 0 heterocycles. The van der Waals surface area contributed by atoms with Crippen LogP contribution in [0.25, 0.3) is 54.9 Å². The van der Waals surface area contributed by atoms with Gasteiger partial charge < -0.3 is 0 Å². The number of benzene rings is 6. The molecular formula is C33H24.